The number of benzene rings is 1. The summed E-state index contributed by atoms with van der Waals surface area (Å²) in [5.74, 6) is 0.838. The third-order valence-corrected chi connectivity index (χ3v) is 4.62. The zero-order chi connectivity index (χ0) is 17.2. The summed E-state index contributed by atoms with van der Waals surface area (Å²) in [7, 11) is 0. The molecule has 0 saturated carbocycles. The normalized spacial score (nSPS) is 11.2. The van der Waals surface area contributed by atoms with Gasteiger partial charge in [-0.1, -0.05) is 0 Å². The van der Waals surface area contributed by atoms with Crippen LogP contribution in [0.1, 0.15) is 12.5 Å². The second kappa shape index (κ2) is 6.60. The van der Waals surface area contributed by atoms with E-state index in [1.54, 1.807) is 6.33 Å². The van der Waals surface area contributed by atoms with Crippen LogP contribution in [0.4, 0.5) is 5.82 Å². The molecular weight excluding hydrogens is 332 g/mol. The highest BCUT2D eigenvalue weighted by atomic mass is 32.1. The Morgan fingerprint density at radius 2 is 2.04 bits per heavy atom. The van der Waals surface area contributed by atoms with Crippen LogP contribution in [0.5, 0.6) is 0 Å². The molecule has 4 aromatic rings. The number of H-pyrrole nitrogens is 1. The van der Waals surface area contributed by atoms with Gasteiger partial charge in [-0.3, -0.25) is 4.98 Å². The molecule has 3 aromatic heterocycles. The van der Waals surface area contributed by atoms with Crippen molar-refractivity contribution in [1.29, 1.82) is 0 Å². The van der Waals surface area contributed by atoms with E-state index < -0.39 is 0 Å². The van der Waals surface area contributed by atoms with E-state index >= 15 is 0 Å². The first-order chi connectivity index (χ1) is 12.3. The van der Waals surface area contributed by atoms with E-state index in [4.69, 9.17) is 12.2 Å². The summed E-state index contributed by atoms with van der Waals surface area (Å²) in [6.07, 6.45) is 6.13. The predicted octanol–water partition coefficient (Wildman–Crippen LogP) is 3.71. The summed E-state index contributed by atoms with van der Waals surface area (Å²) in [4.78, 5) is 16.1. The number of aryl methyl sites for hydroxylation is 1. The lowest BCUT2D eigenvalue weighted by molar-refractivity contribution is 0.774. The Morgan fingerprint density at radius 3 is 2.84 bits per heavy atom. The molecule has 0 unspecified atom stereocenters. The molecule has 1 aromatic carbocycles. The van der Waals surface area contributed by atoms with Crippen LogP contribution in [0.25, 0.3) is 21.9 Å². The minimum atomic E-state index is 0.730. The molecule has 0 fully saturated rings. The molecule has 0 aliphatic heterocycles. The lowest BCUT2D eigenvalue weighted by Gasteiger charge is -2.09. The molecular formula is C18H18N6S. The molecule has 0 aliphatic rings. The highest BCUT2D eigenvalue weighted by Crippen LogP contribution is 2.25. The fourth-order valence-electron chi connectivity index (χ4n) is 3.04. The van der Waals surface area contributed by atoms with E-state index in [2.05, 4.69) is 48.9 Å². The maximum absolute atomic E-state index is 5.40. The van der Waals surface area contributed by atoms with Crippen molar-refractivity contribution >= 4 is 40.0 Å². The monoisotopic (exact) mass is 350 g/mol. The fourth-order valence-corrected chi connectivity index (χ4v) is 3.37. The Balaban J connectivity index is 1.67. The maximum Gasteiger partial charge on any atom is 0.178 e. The number of anilines is 1. The van der Waals surface area contributed by atoms with E-state index in [-0.39, 0.29) is 0 Å². The number of aromatic amines is 1. The molecule has 25 heavy (non-hydrogen) atoms. The third kappa shape index (κ3) is 2.98. The minimum absolute atomic E-state index is 0.730. The van der Waals surface area contributed by atoms with E-state index in [1.807, 2.05) is 24.5 Å². The van der Waals surface area contributed by atoms with Crippen LogP contribution in [0.2, 0.25) is 0 Å². The fraction of sp³-hybridized carbons (Fsp3) is 0.222. The Bertz CT molecular complexity index is 1080. The molecule has 3 heterocycles. The van der Waals surface area contributed by atoms with Crippen LogP contribution in [0.3, 0.4) is 0 Å². The van der Waals surface area contributed by atoms with E-state index in [0.29, 0.717) is 0 Å². The summed E-state index contributed by atoms with van der Waals surface area (Å²) in [6.45, 7) is 3.70. The number of fused-ring (bicyclic) bond motifs is 2. The number of rotatable bonds is 5. The van der Waals surface area contributed by atoms with Crippen LogP contribution in [0, 0.1) is 4.77 Å². The van der Waals surface area contributed by atoms with Crippen LogP contribution in [0.15, 0.2) is 43.0 Å². The van der Waals surface area contributed by atoms with Gasteiger partial charge in [0.2, 0.25) is 0 Å². The Morgan fingerprint density at radius 1 is 1.20 bits per heavy atom. The average Bonchev–Trinajstić information content (AvgIpc) is 2.95. The molecule has 0 radical (unpaired) electrons. The maximum atomic E-state index is 5.40. The smallest absolute Gasteiger partial charge is 0.178 e. The summed E-state index contributed by atoms with van der Waals surface area (Å²) in [5.41, 5.74) is 4.23. The van der Waals surface area contributed by atoms with Gasteiger partial charge in [0.1, 0.15) is 12.1 Å². The van der Waals surface area contributed by atoms with Gasteiger partial charge in [-0.15, -0.1) is 0 Å². The van der Waals surface area contributed by atoms with Crippen molar-refractivity contribution in [3.63, 3.8) is 0 Å². The van der Waals surface area contributed by atoms with E-state index in [1.165, 1.54) is 5.56 Å². The van der Waals surface area contributed by atoms with Crippen molar-refractivity contribution in [2.24, 2.45) is 0 Å². The standard InChI is InChI=1S/C18H18N6S/c1-2-24-16-10-14-13(9-15(16)23-18(24)25)17(22-11-21-14)20-8-5-12-3-6-19-7-4-12/h3-4,6-7,9-11H,2,5,8H2,1H3,(H,23,25)(H,20,21,22). The van der Waals surface area contributed by atoms with Gasteiger partial charge in [-0.2, -0.15) is 0 Å². The van der Waals surface area contributed by atoms with Gasteiger partial charge in [0.25, 0.3) is 0 Å². The molecule has 4 rings (SSSR count). The Kier molecular flexibility index (Phi) is 4.15. The quantitative estimate of drug-likeness (QED) is 0.537. The number of hydrogen-bond acceptors (Lipinski definition) is 5. The van der Waals surface area contributed by atoms with Crippen LogP contribution >= 0.6 is 12.2 Å². The second-order valence-corrected chi connectivity index (χ2v) is 6.20. The van der Waals surface area contributed by atoms with Gasteiger partial charge in [0.05, 0.1) is 16.6 Å². The van der Waals surface area contributed by atoms with E-state index in [9.17, 15) is 0 Å². The highest BCUT2D eigenvalue weighted by Gasteiger charge is 2.09. The minimum Gasteiger partial charge on any atom is -0.369 e. The first kappa shape index (κ1) is 15.7. The highest BCUT2D eigenvalue weighted by molar-refractivity contribution is 7.71. The number of hydrogen-bond donors (Lipinski definition) is 2. The molecule has 0 aliphatic carbocycles. The molecule has 0 atom stereocenters. The lowest BCUT2D eigenvalue weighted by atomic mass is 10.2. The number of aromatic nitrogens is 5. The molecule has 126 valence electrons. The summed E-state index contributed by atoms with van der Waals surface area (Å²) in [6, 6.07) is 8.19. The molecule has 2 N–H and O–H groups in total. The SMILES string of the molecule is CCn1c(=S)[nH]c2cc3c(NCCc4ccncc4)ncnc3cc21. The molecule has 0 spiro atoms. The Hall–Kier alpha value is -2.80. The summed E-state index contributed by atoms with van der Waals surface area (Å²) >= 11 is 5.40. The van der Waals surface area contributed by atoms with E-state index in [0.717, 1.165) is 52.0 Å². The van der Waals surface area contributed by atoms with Gasteiger partial charge in [0.15, 0.2) is 4.77 Å². The van der Waals surface area contributed by atoms with Crippen molar-refractivity contribution in [1.82, 2.24) is 24.5 Å². The van der Waals surface area contributed by atoms with Gasteiger partial charge in [-0.25, -0.2) is 9.97 Å². The first-order valence-electron chi connectivity index (χ1n) is 8.26. The molecule has 7 heteroatoms. The third-order valence-electron chi connectivity index (χ3n) is 4.30. The number of nitrogens with zero attached hydrogens (tertiary/aromatic N) is 4. The van der Waals surface area contributed by atoms with Gasteiger partial charge >= 0.3 is 0 Å². The average molecular weight is 350 g/mol. The Labute approximate surface area is 150 Å². The zero-order valence-corrected chi connectivity index (χ0v) is 14.7. The summed E-state index contributed by atoms with van der Waals surface area (Å²) in [5, 5.41) is 4.41. The lowest BCUT2D eigenvalue weighted by Crippen LogP contribution is -2.07. The van der Waals surface area contributed by atoms with Gasteiger partial charge in [-0.05, 0) is 55.4 Å². The largest absolute Gasteiger partial charge is 0.369 e. The van der Waals surface area contributed by atoms with Gasteiger partial charge < -0.3 is 14.9 Å². The topological polar surface area (TPSA) is 71.4 Å². The first-order valence-corrected chi connectivity index (χ1v) is 8.67. The van der Waals surface area contributed by atoms with Crippen LogP contribution in [-0.2, 0) is 13.0 Å². The number of imidazole rings is 1. The zero-order valence-electron chi connectivity index (χ0n) is 13.9. The van der Waals surface area contributed by atoms with Crippen molar-refractivity contribution in [3.8, 4) is 0 Å². The van der Waals surface area contributed by atoms with Crippen molar-refractivity contribution < 1.29 is 0 Å². The van der Waals surface area contributed by atoms with Crippen molar-refractivity contribution in [3.05, 3.63) is 53.3 Å². The predicted molar refractivity (Wildman–Crippen MR) is 102 cm³/mol. The van der Waals surface area contributed by atoms with Crippen LogP contribution < -0.4 is 5.32 Å². The van der Waals surface area contributed by atoms with Gasteiger partial charge in [0, 0.05) is 30.9 Å². The molecule has 6 nitrogen and oxygen atoms in total. The molecule has 0 bridgehead atoms. The van der Waals surface area contributed by atoms with Crippen molar-refractivity contribution in [2.75, 3.05) is 11.9 Å². The van der Waals surface area contributed by atoms with Crippen molar-refractivity contribution in [2.45, 2.75) is 19.9 Å². The summed E-state index contributed by atoms with van der Waals surface area (Å²) < 4.78 is 2.80. The molecule has 0 amide bonds. The van der Waals surface area contributed by atoms with Crippen LogP contribution in [-0.4, -0.2) is 31.0 Å². The number of nitrogens with one attached hydrogen (secondary N) is 2. The number of pyridine rings is 1. The molecule has 0 saturated heterocycles. The second-order valence-electron chi connectivity index (χ2n) is 5.82.